The van der Waals surface area contributed by atoms with Gasteiger partial charge in [0.25, 0.3) is 0 Å². The number of aromatic nitrogens is 2. The Morgan fingerprint density at radius 2 is 1.27 bits per heavy atom. The molecule has 1 aromatic carbocycles. The summed E-state index contributed by atoms with van der Waals surface area (Å²) in [5.41, 5.74) is 1.88. The standard InChI is InChI=1S/C36H55N3O5/c1-3-5-7-9-11-12-13-14-16-18-34-37-28-31(29-38-34)30-19-21-32(22-20-30)43-36(41)44-33-23-25-39(26-24-33)35(40)42-27-17-15-10-8-6-4-2/h19-22,28-29,33H,3-18,23-27H2,1-2H3. The minimum Gasteiger partial charge on any atom is -0.449 e. The van der Waals surface area contributed by atoms with Crippen molar-refractivity contribution in [1.29, 1.82) is 0 Å². The Morgan fingerprint density at radius 1 is 0.727 bits per heavy atom. The number of carbonyl (C=O) groups is 2. The molecule has 244 valence electrons. The van der Waals surface area contributed by atoms with Crippen LogP contribution in [-0.2, 0) is 15.9 Å². The third-order valence-corrected chi connectivity index (χ3v) is 8.28. The molecule has 0 N–H and O–H groups in total. The van der Waals surface area contributed by atoms with Crippen molar-refractivity contribution in [3.8, 4) is 16.9 Å². The molecule has 0 radical (unpaired) electrons. The fraction of sp³-hybridized carbons (Fsp3) is 0.667. The number of benzene rings is 1. The number of rotatable bonds is 20. The molecule has 2 aromatic rings. The molecule has 1 aliphatic heterocycles. The molecule has 3 rings (SSSR count). The van der Waals surface area contributed by atoms with Crippen molar-refractivity contribution in [2.75, 3.05) is 19.7 Å². The zero-order valence-corrected chi connectivity index (χ0v) is 27.3. The zero-order valence-electron chi connectivity index (χ0n) is 27.3. The van der Waals surface area contributed by atoms with Gasteiger partial charge in [0.05, 0.1) is 6.61 Å². The van der Waals surface area contributed by atoms with Crippen LogP contribution < -0.4 is 4.74 Å². The molecule has 0 unspecified atom stereocenters. The van der Waals surface area contributed by atoms with Gasteiger partial charge in [0.2, 0.25) is 0 Å². The van der Waals surface area contributed by atoms with Crippen LogP contribution in [0, 0.1) is 0 Å². The van der Waals surface area contributed by atoms with Crippen LogP contribution >= 0.6 is 0 Å². The number of unbranched alkanes of at least 4 members (excludes halogenated alkanes) is 13. The minimum atomic E-state index is -0.731. The molecule has 0 atom stereocenters. The summed E-state index contributed by atoms with van der Waals surface area (Å²) in [6.45, 7) is 5.92. The van der Waals surface area contributed by atoms with Crippen LogP contribution in [-0.4, -0.2) is 52.9 Å². The van der Waals surface area contributed by atoms with Gasteiger partial charge in [-0.1, -0.05) is 109 Å². The smallest absolute Gasteiger partial charge is 0.449 e. The molecule has 0 spiro atoms. The van der Waals surface area contributed by atoms with Gasteiger partial charge in [0.15, 0.2) is 0 Å². The highest BCUT2D eigenvalue weighted by Crippen LogP contribution is 2.23. The van der Waals surface area contributed by atoms with E-state index in [0.717, 1.165) is 42.6 Å². The summed E-state index contributed by atoms with van der Waals surface area (Å²) < 4.78 is 16.3. The van der Waals surface area contributed by atoms with E-state index in [9.17, 15) is 9.59 Å². The number of likely N-dealkylation sites (tertiary alicyclic amines) is 1. The Kier molecular flexibility index (Phi) is 17.3. The Labute approximate surface area is 265 Å². The Morgan fingerprint density at radius 3 is 1.86 bits per heavy atom. The van der Waals surface area contributed by atoms with E-state index in [1.165, 1.54) is 77.0 Å². The molecule has 8 heteroatoms. The summed E-state index contributed by atoms with van der Waals surface area (Å²) in [4.78, 5) is 35.5. The molecule has 1 saturated heterocycles. The second-order valence-corrected chi connectivity index (χ2v) is 12.0. The van der Waals surface area contributed by atoms with Gasteiger partial charge in [-0.15, -0.1) is 0 Å². The van der Waals surface area contributed by atoms with Crippen LogP contribution in [0.15, 0.2) is 36.7 Å². The highest BCUT2D eigenvalue weighted by Gasteiger charge is 2.26. The van der Waals surface area contributed by atoms with Gasteiger partial charge in [-0.25, -0.2) is 19.6 Å². The maximum atomic E-state index is 12.4. The van der Waals surface area contributed by atoms with Gasteiger partial charge >= 0.3 is 12.2 Å². The van der Waals surface area contributed by atoms with Crippen LogP contribution in [0.3, 0.4) is 0 Å². The van der Waals surface area contributed by atoms with Gasteiger partial charge in [0, 0.05) is 50.3 Å². The van der Waals surface area contributed by atoms with E-state index < -0.39 is 6.16 Å². The van der Waals surface area contributed by atoms with Crippen LogP contribution in [0.1, 0.15) is 129 Å². The molecular weight excluding hydrogens is 554 g/mol. The molecule has 2 heterocycles. The first kappa shape index (κ1) is 35.3. The monoisotopic (exact) mass is 609 g/mol. The number of nitrogens with zero attached hydrogens (tertiary/aromatic N) is 3. The average molecular weight is 610 g/mol. The maximum Gasteiger partial charge on any atom is 0.514 e. The first-order valence-corrected chi connectivity index (χ1v) is 17.3. The lowest BCUT2D eigenvalue weighted by atomic mass is 10.1. The number of amides is 1. The quantitative estimate of drug-likeness (QED) is 0.0838. The highest BCUT2D eigenvalue weighted by molar-refractivity contribution is 5.68. The Balaban J connectivity index is 1.28. The largest absolute Gasteiger partial charge is 0.514 e. The summed E-state index contributed by atoms with van der Waals surface area (Å²) in [7, 11) is 0. The number of hydrogen-bond donors (Lipinski definition) is 0. The van der Waals surface area contributed by atoms with E-state index in [-0.39, 0.29) is 12.2 Å². The Bertz CT molecular complexity index is 1050. The van der Waals surface area contributed by atoms with Crippen LogP contribution in [0.25, 0.3) is 11.1 Å². The van der Waals surface area contributed by atoms with Gasteiger partial charge in [-0.2, -0.15) is 0 Å². The van der Waals surface area contributed by atoms with Gasteiger partial charge in [-0.3, -0.25) is 0 Å². The van der Waals surface area contributed by atoms with Crippen molar-refractivity contribution in [3.63, 3.8) is 0 Å². The van der Waals surface area contributed by atoms with E-state index in [4.69, 9.17) is 14.2 Å². The lowest BCUT2D eigenvalue weighted by Crippen LogP contribution is -2.42. The lowest BCUT2D eigenvalue weighted by molar-refractivity contribution is 0.0217. The number of hydrogen-bond acceptors (Lipinski definition) is 7. The van der Waals surface area contributed by atoms with E-state index >= 15 is 0 Å². The van der Waals surface area contributed by atoms with Crippen molar-refractivity contribution in [1.82, 2.24) is 14.9 Å². The first-order valence-electron chi connectivity index (χ1n) is 17.3. The molecular formula is C36H55N3O5. The summed E-state index contributed by atoms with van der Waals surface area (Å²) in [5, 5.41) is 0. The Hall–Kier alpha value is -3.16. The lowest BCUT2D eigenvalue weighted by Gasteiger charge is -2.30. The molecule has 1 aromatic heterocycles. The number of ether oxygens (including phenoxy) is 3. The SMILES string of the molecule is CCCCCCCCCCCc1ncc(-c2ccc(OC(=O)OC3CCN(C(=O)OCCCCCCCC)CC3)cc2)cn1. The van der Waals surface area contributed by atoms with Crippen LogP contribution in [0.4, 0.5) is 9.59 Å². The second kappa shape index (κ2) is 21.5. The predicted molar refractivity (Wildman–Crippen MR) is 175 cm³/mol. The van der Waals surface area contributed by atoms with Crippen molar-refractivity contribution in [2.24, 2.45) is 0 Å². The summed E-state index contributed by atoms with van der Waals surface area (Å²) in [6.07, 6.45) is 23.1. The number of piperidine rings is 1. The van der Waals surface area contributed by atoms with Crippen molar-refractivity contribution in [3.05, 3.63) is 42.5 Å². The van der Waals surface area contributed by atoms with Gasteiger partial charge < -0.3 is 19.1 Å². The molecule has 0 saturated carbocycles. The van der Waals surface area contributed by atoms with Crippen LogP contribution in [0.2, 0.25) is 0 Å². The average Bonchev–Trinajstić information content (AvgIpc) is 3.04. The zero-order chi connectivity index (χ0) is 31.2. The molecule has 8 nitrogen and oxygen atoms in total. The van der Waals surface area contributed by atoms with E-state index in [0.29, 0.717) is 38.3 Å². The highest BCUT2D eigenvalue weighted by atomic mass is 16.7. The van der Waals surface area contributed by atoms with E-state index in [1.54, 1.807) is 17.0 Å². The predicted octanol–water partition coefficient (Wildman–Crippen LogP) is 9.69. The molecule has 0 bridgehead atoms. The topological polar surface area (TPSA) is 90.9 Å². The second-order valence-electron chi connectivity index (χ2n) is 12.0. The van der Waals surface area contributed by atoms with Crippen molar-refractivity contribution < 1.29 is 23.8 Å². The molecule has 1 amide bonds. The number of carbonyl (C=O) groups excluding carboxylic acids is 2. The third kappa shape index (κ3) is 14.1. The summed E-state index contributed by atoms with van der Waals surface area (Å²) >= 11 is 0. The van der Waals surface area contributed by atoms with Crippen molar-refractivity contribution in [2.45, 2.75) is 136 Å². The molecule has 0 aliphatic carbocycles. The molecule has 1 aliphatic rings. The van der Waals surface area contributed by atoms with E-state index in [2.05, 4.69) is 23.8 Å². The minimum absolute atomic E-state index is 0.279. The number of aryl methyl sites for hydroxylation is 1. The third-order valence-electron chi connectivity index (χ3n) is 8.28. The first-order chi connectivity index (χ1) is 21.6. The van der Waals surface area contributed by atoms with Gasteiger partial charge in [-0.05, 0) is 30.5 Å². The fourth-order valence-corrected chi connectivity index (χ4v) is 5.49. The normalized spacial score (nSPS) is 13.5. The molecule has 44 heavy (non-hydrogen) atoms. The van der Waals surface area contributed by atoms with E-state index in [1.807, 2.05) is 24.5 Å². The summed E-state index contributed by atoms with van der Waals surface area (Å²) in [6, 6.07) is 7.26. The van der Waals surface area contributed by atoms with Gasteiger partial charge in [0.1, 0.15) is 17.7 Å². The summed E-state index contributed by atoms with van der Waals surface area (Å²) in [5.74, 6) is 1.30. The maximum absolute atomic E-state index is 12.4. The molecule has 1 fully saturated rings. The van der Waals surface area contributed by atoms with Crippen LogP contribution in [0.5, 0.6) is 5.75 Å². The van der Waals surface area contributed by atoms with Crippen molar-refractivity contribution >= 4 is 12.2 Å². The fourth-order valence-electron chi connectivity index (χ4n) is 5.49.